The lowest BCUT2D eigenvalue weighted by molar-refractivity contribution is 0.232. The first-order valence-electron chi connectivity index (χ1n) is 8.36. The molecule has 0 amide bonds. The fraction of sp³-hybridized carbons (Fsp3) is 0.750. The highest BCUT2D eigenvalue weighted by Crippen LogP contribution is 2.17. The lowest BCUT2D eigenvalue weighted by Crippen LogP contribution is -2.42. The number of hydrogen-bond donors (Lipinski definition) is 2. The van der Waals surface area contributed by atoms with E-state index in [0.29, 0.717) is 6.54 Å². The van der Waals surface area contributed by atoms with E-state index < -0.39 is 0 Å². The average molecular weight is 324 g/mol. The molecule has 1 aromatic heterocycles. The molecule has 0 unspecified atom stereocenters. The van der Waals surface area contributed by atoms with Gasteiger partial charge in [-0.25, -0.2) is 9.98 Å². The van der Waals surface area contributed by atoms with Crippen LogP contribution in [0.5, 0.6) is 0 Å². The van der Waals surface area contributed by atoms with E-state index in [1.165, 1.54) is 37.2 Å². The molecule has 2 N–H and O–H groups in total. The van der Waals surface area contributed by atoms with E-state index in [2.05, 4.69) is 39.4 Å². The van der Waals surface area contributed by atoms with Gasteiger partial charge in [0.15, 0.2) is 5.96 Å². The number of nitrogens with zero attached hydrogens (tertiary/aromatic N) is 3. The van der Waals surface area contributed by atoms with Crippen molar-refractivity contribution in [3.05, 3.63) is 15.6 Å². The highest BCUT2D eigenvalue weighted by molar-refractivity contribution is 7.11. The summed E-state index contributed by atoms with van der Waals surface area (Å²) in [6.07, 6.45) is 4.08. The van der Waals surface area contributed by atoms with Gasteiger partial charge in [0.05, 0.1) is 17.2 Å². The van der Waals surface area contributed by atoms with Gasteiger partial charge < -0.3 is 15.5 Å². The molecule has 124 valence electrons. The fourth-order valence-corrected chi connectivity index (χ4v) is 3.59. The van der Waals surface area contributed by atoms with Crippen LogP contribution in [-0.2, 0) is 6.54 Å². The van der Waals surface area contributed by atoms with Crippen molar-refractivity contribution in [2.24, 2.45) is 4.99 Å². The molecule has 0 saturated carbocycles. The third-order valence-electron chi connectivity index (χ3n) is 3.89. The van der Waals surface area contributed by atoms with E-state index in [-0.39, 0.29) is 0 Å². The SMILES string of the molecule is CCNC(=NCc1sc(C)nc1C)NCCN1CCCCC1. The summed E-state index contributed by atoms with van der Waals surface area (Å²) in [7, 11) is 0. The highest BCUT2D eigenvalue weighted by Gasteiger charge is 2.09. The second-order valence-electron chi connectivity index (χ2n) is 5.77. The molecule has 1 aromatic rings. The van der Waals surface area contributed by atoms with Crippen LogP contribution in [0.4, 0.5) is 0 Å². The van der Waals surface area contributed by atoms with Gasteiger partial charge in [-0.15, -0.1) is 11.3 Å². The number of thiazole rings is 1. The summed E-state index contributed by atoms with van der Waals surface area (Å²) >= 11 is 1.74. The van der Waals surface area contributed by atoms with E-state index in [0.717, 1.165) is 36.3 Å². The Hall–Kier alpha value is -1.14. The zero-order valence-corrected chi connectivity index (χ0v) is 14.9. The van der Waals surface area contributed by atoms with Crippen LogP contribution >= 0.6 is 11.3 Å². The number of hydrogen-bond acceptors (Lipinski definition) is 4. The second kappa shape index (κ2) is 9.10. The van der Waals surface area contributed by atoms with E-state index in [1.54, 1.807) is 11.3 Å². The first-order chi connectivity index (χ1) is 10.7. The molecule has 1 fully saturated rings. The van der Waals surface area contributed by atoms with Crippen LogP contribution in [0, 0.1) is 13.8 Å². The van der Waals surface area contributed by atoms with Gasteiger partial charge in [0.25, 0.3) is 0 Å². The van der Waals surface area contributed by atoms with Gasteiger partial charge in [0, 0.05) is 24.5 Å². The Morgan fingerprint density at radius 2 is 2.00 bits per heavy atom. The average Bonchev–Trinajstić information content (AvgIpc) is 2.84. The lowest BCUT2D eigenvalue weighted by Gasteiger charge is -2.26. The minimum Gasteiger partial charge on any atom is -0.357 e. The molecule has 0 radical (unpaired) electrons. The molecule has 22 heavy (non-hydrogen) atoms. The summed E-state index contributed by atoms with van der Waals surface area (Å²) < 4.78 is 0. The van der Waals surface area contributed by atoms with Crippen LogP contribution < -0.4 is 10.6 Å². The number of nitrogens with one attached hydrogen (secondary N) is 2. The van der Waals surface area contributed by atoms with Crippen molar-refractivity contribution >= 4 is 17.3 Å². The summed E-state index contributed by atoms with van der Waals surface area (Å²) in [6.45, 7) is 12.3. The first kappa shape index (κ1) is 17.2. The van der Waals surface area contributed by atoms with Crippen molar-refractivity contribution in [1.29, 1.82) is 0 Å². The molecule has 1 aliphatic rings. The summed E-state index contributed by atoms with van der Waals surface area (Å²) in [6, 6.07) is 0. The van der Waals surface area contributed by atoms with Crippen molar-refractivity contribution in [3.8, 4) is 0 Å². The van der Waals surface area contributed by atoms with Gasteiger partial charge in [-0.1, -0.05) is 6.42 Å². The van der Waals surface area contributed by atoms with Crippen molar-refractivity contribution in [2.45, 2.75) is 46.6 Å². The maximum Gasteiger partial charge on any atom is 0.191 e. The summed E-state index contributed by atoms with van der Waals surface area (Å²) in [5.74, 6) is 0.907. The fourth-order valence-electron chi connectivity index (χ4n) is 2.73. The Bertz CT molecular complexity index is 477. The van der Waals surface area contributed by atoms with E-state index >= 15 is 0 Å². The minimum absolute atomic E-state index is 0.705. The van der Waals surface area contributed by atoms with Crippen molar-refractivity contribution in [1.82, 2.24) is 20.5 Å². The molecule has 0 spiro atoms. The number of likely N-dealkylation sites (tertiary alicyclic amines) is 1. The van der Waals surface area contributed by atoms with Crippen molar-refractivity contribution in [2.75, 3.05) is 32.7 Å². The van der Waals surface area contributed by atoms with Crippen LogP contribution in [-0.4, -0.2) is 48.6 Å². The van der Waals surface area contributed by atoms with Gasteiger partial charge in [0.2, 0.25) is 0 Å². The largest absolute Gasteiger partial charge is 0.357 e. The normalized spacial score (nSPS) is 16.8. The number of aromatic nitrogens is 1. The summed E-state index contributed by atoms with van der Waals surface area (Å²) in [5.41, 5.74) is 1.11. The van der Waals surface area contributed by atoms with Crippen molar-refractivity contribution < 1.29 is 0 Å². The predicted molar refractivity (Wildman–Crippen MR) is 94.7 cm³/mol. The standard InChI is InChI=1S/C16H29N5S/c1-4-17-16(18-8-11-21-9-6-5-7-10-21)19-12-15-13(2)20-14(3)22-15/h4-12H2,1-3H3,(H2,17,18,19). The molecule has 0 aromatic carbocycles. The Morgan fingerprint density at radius 3 is 2.64 bits per heavy atom. The zero-order valence-electron chi connectivity index (χ0n) is 14.1. The Morgan fingerprint density at radius 1 is 1.23 bits per heavy atom. The lowest BCUT2D eigenvalue weighted by atomic mass is 10.1. The molecule has 1 saturated heterocycles. The van der Waals surface area contributed by atoms with Gasteiger partial charge >= 0.3 is 0 Å². The summed E-state index contributed by atoms with van der Waals surface area (Å²) in [4.78, 5) is 12.9. The van der Waals surface area contributed by atoms with Crippen LogP contribution in [0.1, 0.15) is 41.8 Å². The maximum absolute atomic E-state index is 4.69. The molecule has 0 aliphatic carbocycles. The Kier molecular flexibility index (Phi) is 7.12. The first-order valence-corrected chi connectivity index (χ1v) is 9.18. The molecule has 2 rings (SSSR count). The quantitative estimate of drug-likeness (QED) is 0.623. The van der Waals surface area contributed by atoms with Gasteiger partial charge in [-0.3, -0.25) is 0 Å². The van der Waals surface area contributed by atoms with Crippen molar-refractivity contribution in [3.63, 3.8) is 0 Å². The Labute approximate surface area is 138 Å². The van der Waals surface area contributed by atoms with Gasteiger partial charge in [-0.05, 0) is 46.7 Å². The molecule has 0 atom stereocenters. The summed E-state index contributed by atoms with van der Waals surface area (Å²) in [5, 5.41) is 7.88. The minimum atomic E-state index is 0.705. The maximum atomic E-state index is 4.69. The molecule has 6 heteroatoms. The molecular weight excluding hydrogens is 294 g/mol. The third kappa shape index (κ3) is 5.57. The topological polar surface area (TPSA) is 52.6 Å². The molecule has 2 heterocycles. The van der Waals surface area contributed by atoms with E-state index in [1.807, 2.05) is 6.92 Å². The third-order valence-corrected chi connectivity index (χ3v) is 4.95. The molecule has 5 nitrogen and oxygen atoms in total. The second-order valence-corrected chi connectivity index (χ2v) is 7.05. The number of aryl methyl sites for hydroxylation is 2. The van der Waals surface area contributed by atoms with Crippen LogP contribution in [0.15, 0.2) is 4.99 Å². The van der Waals surface area contributed by atoms with Gasteiger partial charge in [0.1, 0.15) is 0 Å². The smallest absolute Gasteiger partial charge is 0.191 e. The van der Waals surface area contributed by atoms with Crippen LogP contribution in [0.3, 0.4) is 0 Å². The van der Waals surface area contributed by atoms with Crippen LogP contribution in [0.2, 0.25) is 0 Å². The van der Waals surface area contributed by atoms with E-state index in [4.69, 9.17) is 0 Å². The Balaban J connectivity index is 1.80. The monoisotopic (exact) mass is 323 g/mol. The number of guanidine groups is 1. The number of piperidine rings is 1. The number of rotatable bonds is 6. The molecule has 0 bridgehead atoms. The van der Waals surface area contributed by atoms with E-state index in [9.17, 15) is 0 Å². The highest BCUT2D eigenvalue weighted by atomic mass is 32.1. The van der Waals surface area contributed by atoms with Gasteiger partial charge in [-0.2, -0.15) is 0 Å². The number of aliphatic imine (C=N–C) groups is 1. The zero-order chi connectivity index (χ0) is 15.8. The molecular formula is C16H29N5S. The predicted octanol–water partition coefficient (Wildman–Crippen LogP) is 2.30. The van der Waals surface area contributed by atoms with Crippen LogP contribution in [0.25, 0.3) is 0 Å². The molecule has 1 aliphatic heterocycles.